The van der Waals surface area contributed by atoms with Crippen LogP contribution in [-0.4, -0.2) is 38.4 Å². The number of nitriles is 1. The minimum atomic E-state index is -0.365. The van der Waals surface area contributed by atoms with Crippen LogP contribution in [0, 0.1) is 17.2 Å². The number of nitrogens with zero attached hydrogens (tertiary/aromatic N) is 5. The van der Waals surface area contributed by atoms with Crippen LogP contribution in [0.3, 0.4) is 0 Å². The first-order chi connectivity index (χ1) is 14.2. The second-order valence-electron chi connectivity index (χ2n) is 7.10. The number of aliphatic hydroxyl groups is 1. The normalized spacial score (nSPS) is 14.7. The predicted molar refractivity (Wildman–Crippen MR) is 109 cm³/mol. The van der Waals surface area contributed by atoms with E-state index in [4.69, 9.17) is 5.26 Å². The van der Waals surface area contributed by atoms with Crippen LogP contribution in [0.5, 0.6) is 0 Å². The zero-order valence-corrected chi connectivity index (χ0v) is 15.8. The number of fused-ring (bicyclic) bond motifs is 1. The summed E-state index contributed by atoms with van der Waals surface area (Å²) in [6.45, 7) is 1.49. The molecule has 0 unspecified atom stereocenters. The molecule has 1 aromatic carbocycles. The molecule has 9 heteroatoms. The van der Waals surface area contributed by atoms with E-state index in [0.717, 1.165) is 37.2 Å². The summed E-state index contributed by atoms with van der Waals surface area (Å²) in [6.07, 6.45) is 3.91. The van der Waals surface area contributed by atoms with Gasteiger partial charge in [-0.2, -0.15) is 15.3 Å². The minimum Gasteiger partial charge on any atom is -0.392 e. The SMILES string of the molecule is N#CCC1CCN(c2nc(Nc3ccc(CO)cc3)c3c(=O)[nH]ncc3n2)CC1. The number of hydrogen-bond acceptors (Lipinski definition) is 8. The highest BCUT2D eigenvalue weighted by molar-refractivity contribution is 5.90. The first-order valence-corrected chi connectivity index (χ1v) is 9.52. The summed E-state index contributed by atoms with van der Waals surface area (Å²) in [5, 5.41) is 28.0. The Morgan fingerprint density at radius 1 is 1.24 bits per heavy atom. The van der Waals surface area contributed by atoms with Gasteiger partial charge in [-0.3, -0.25) is 4.79 Å². The van der Waals surface area contributed by atoms with Gasteiger partial charge in [0.1, 0.15) is 16.7 Å². The lowest BCUT2D eigenvalue weighted by Gasteiger charge is -2.31. The summed E-state index contributed by atoms with van der Waals surface area (Å²) >= 11 is 0. The maximum absolute atomic E-state index is 12.4. The number of aromatic nitrogens is 4. The van der Waals surface area contributed by atoms with Gasteiger partial charge < -0.3 is 15.3 Å². The van der Waals surface area contributed by atoms with E-state index in [1.54, 1.807) is 12.1 Å². The molecule has 3 N–H and O–H groups in total. The van der Waals surface area contributed by atoms with Gasteiger partial charge >= 0.3 is 0 Å². The Morgan fingerprint density at radius 2 is 2.00 bits per heavy atom. The average Bonchev–Trinajstić information content (AvgIpc) is 2.75. The molecular formula is C20H21N7O2. The fourth-order valence-corrected chi connectivity index (χ4v) is 3.52. The first kappa shape index (κ1) is 18.8. The van der Waals surface area contributed by atoms with Crippen LogP contribution in [-0.2, 0) is 6.61 Å². The quantitative estimate of drug-likeness (QED) is 0.602. The van der Waals surface area contributed by atoms with Crippen molar-refractivity contribution < 1.29 is 5.11 Å². The summed E-state index contributed by atoms with van der Waals surface area (Å²) in [5.41, 5.74) is 1.65. The van der Waals surface area contributed by atoms with E-state index >= 15 is 0 Å². The fourth-order valence-electron chi connectivity index (χ4n) is 3.52. The number of anilines is 3. The van der Waals surface area contributed by atoms with Crippen LogP contribution in [0.4, 0.5) is 17.5 Å². The van der Waals surface area contributed by atoms with Crippen LogP contribution in [0.25, 0.3) is 10.9 Å². The Labute approximate surface area is 167 Å². The number of H-pyrrole nitrogens is 1. The molecule has 9 nitrogen and oxygen atoms in total. The maximum Gasteiger partial charge on any atom is 0.277 e. The van der Waals surface area contributed by atoms with Gasteiger partial charge in [-0.05, 0) is 36.5 Å². The molecule has 3 aromatic rings. The monoisotopic (exact) mass is 391 g/mol. The van der Waals surface area contributed by atoms with E-state index in [1.807, 2.05) is 12.1 Å². The molecule has 4 rings (SSSR count). The Balaban J connectivity index is 1.68. The van der Waals surface area contributed by atoms with Gasteiger partial charge in [-0.25, -0.2) is 10.1 Å². The van der Waals surface area contributed by atoms with E-state index in [1.165, 1.54) is 6.20 Å². The van der Waals surface area contributed by atoms with Crippen molar-refractivity contribution in [1.29, 1.82) is 5.26 Å². The van der Waals surface area contributed by atoms with E-state index in [9.17, 15) is 9.90 Å². The van der Waals surface area contributed by atoms with Crippen molar-refractivity contribution in [3.05, 3.63) is 46.4 Å². The first-order valence-electron chi connectivity index (χ1n) is 9.52. The van der Waals surface area contributed by atoms with Crippen LogP contribution in [0.2, 0.25) is 0 Å². The Bertz CT molecular complexity index is 1100. The minimum absolute atomic E-state index is 0.0338. The summed E-state index contributed by atoms with van der Waals surface area (Å²) < 4.78 is 0. The lowest BCUT2D eigenvalue weighted by Crippen LogP contribution is -2.35. The van der Waals surface area contributed by atoms with Gasteiger partial charge in [-0.15, -0.1) is 0 Å². The molecule has 0 amide bonds. The molecule has 1 aliphatic heterocycles. The summed E-state index contributed by atoms with van der Waals surface area (Å²) in [4.78, 5) is 23.6. The van der Waals surface area contributed by atoms with Crippen LogP contribution in [0.1, 0.15) is 24.8 Å². The molecule has 0 aliphatic carbocycles. The largest absolute Gasteiger partial charge is 0.392 e. The Morgan fingerprint density at radius 3 is 2.69 bits per heavy atom. The average molecular weight is 391 g/mol. The van der Waals surface area contributed by atoms with Gasteiger partial charge in [0.25, 0.3) is 5.56 Å². The zero-order chi connectivity index (χ0) is 20.2. The van der Waals surface area contributed by atoms with Crippen molar-refractivity contribution in [2.75, 3.05) is 23.3 Å². The third-order valence-corrected chi connectivity index (χ3v) is 5.18. The highest BCUT2D eigenvalue weighted by atomic mass is 16.3. The lowest BCUT2D eigenvalue weighted by atomic mass is 9.94. The second-order valence-corrected chi connectivity index (χ2v) is 7.10. The van der Waals surface area contributed by atoms with Crippen molar-refractivity contribution in [3.63, 3.8) is 0 Å². The lowest BCUT2D eigenvalue weighted by molar-refractivity contribution is 0.282. The van der Waals surface area contributed by atoms with E-state index < -0.39 is 0 Å². The van der Waals surface area contributed by atoms with Gasteiger partial charge in [0, 0.05) is 25.2 Å². The molecule has 0 saturated carbocycles. The molecule has 1 aliphatic rings. The van der Waals surface area contributed by atoms with Crippen molar-refractivity contribution in [3.8, 4) is 6.07 Å². The smallest absolute Gasteiger partial charge is 0.277 e. The number of benzene rings is 1. The molecule has 0 spiro atoms. The Kier molecular flexibility index (Phi) is 5.35. The number of nitrogens with one attached hydrogen (secondary N) is 2. The van der Waals surface area contributed by atoms with E-state index in [-0.39, 0.29) is 12.2 Å². The third-order valence-electron chi connectivity index (χ3n) is 5.18. The van der Waals surface area contributed by atoms with Gasteiger partial charge in [-0.1, -0.05) is 12.1 Å². The Hall–Kier alpha value is -3.51. The molecular weight excluding hydrogens is 370 g/mol. The summed E-state index contributed by atoms with van der Waals surface area (Å²) in [5.74, 6) is 1.35. The van der Waals surface area contributed by atoms with Crippen LogP contribution < -0.4 is 15.8 Å². The third kappa shape index (κ3) is 4.02. The van der Waals surface area contributed by atoms with Crippen molar-refractivity contribution in [2.24, 2.45) is 5.92 Å². The number of aromatic amines is 1. The molecule has 148 valence electrons. The number of piperidine rings is 1. The second kappa shape index (κ2) is 8.24. The van der Waals surface area contributed by atoms with Gasteiger partial charge in [0.15, 0.2) is 0 Å². The van der Waals surface area contributed by atoms with E-state index in [0.29, 0.717) is 35.0 Å². The van der Waals surface area contributed by atoms with Crippen molar-refractivity contribution in [1.82, 2.24) is 20.2 Å². The molecule has 0 bridgehead atoms. The van der Waals surface area contributed by atoms with E-state index in [2.05, 4.69) is 36.5 Å². The number of aliphatic hydroxyl groups excluding tert-OH is 1. The molecule has 2 aromatic heterocycles. The maximum atomic E-state index is 12.4. The van der Waals surface area contributed by atoms with Crippen molar-refractivity contribution >= 4 is 28.4 Å². The molecule has 3 heterocycles. The number of hydrogen-bond donors (Lipinski definition) is 3. The number of rotatable bonds is 5. The van der Waals surface area contributed by atoms with Crippen molar-refractivity contribution in [2.45, 2.75) is 25.9 Å². The molecule has 0 radical (unpaired) electrons. The molecule has 0 atom stereocenters. The highest BCUT2D eigenvalue weighted by Gasteiger charge is 2.22. The molecule has 1 saturated heterocycles. The molecule has 29 heavy (non-hydrogen) atoms. The zero-order valence-electron chi connectivity index (χ0n) is 15.8. The fraction of sp³-hybridized carbons (Fsp3) is 0.350. The summed E-state index contributed by atoms with van der Waals surface area (Å²) in [6, 6.07) is 9.50. The topological polar surface area (TPSA) is 131 Å². The predicted octanol–water partition coefficient (Wildman–Crippen LogP) is 2.08. The van der Waals surface area contributed by atoms with Gasteiger partial charge in [0.2, 0.25) is 5.95 Å². The van der Waals surface area contributed by atoms with Crippen LogP contribution in [0.15, 0.2) is 35.3 Å². The molecule has 1 fully saturated rings. The van der Waals surface area contributed by atoms with Gasteiger partial charge in [0.05, 0.1) is 18.9 Å². The standard InChI is InChI=1S/C20H21N7O2/c21-8-5-13-6-9-27(10-7-13)20-24-16-11-22-26-19(29)17(16)18(25-20)23-15-3-1-14(12-28)2-4-15/h1-4,11,13,28H,5-7,9-10,12H2,(H,26,29)(H,23,24,25). The van der Waals surface area contributed by atoms with Crippen LogP contribution >= 0.6 is 0 Å². The highest BCUT2D eigenvalue weighted by Crippen LogP contribution is 2.27. The summed E-state index contributed by atoms with van der Waals surface area (Å²) in [7, 11) is 0.